The molecule has 3 rings (SSSR count). The van der Waals surface area contributed by atoms with Gasteiger partial charge in [0.1, 0.15) is 5.82 Å². The summed E-state index contributed by atoms with van der Waals surface area (Å²) in [5.74, 6) is 1.20. The zero-order valence-electron chi connectivity index (χ0n) is 14.9. The molecular formula is C18H26N4O3. The van der Waals surface area contributed by atoms with E-state index in [4.69, 9.17) is 4.74 Å². The molecule has 2 amide bonds. The first-order valence-electron chi connectivity index (χ1n) is 9.00. The van der Waals surface area contributed by atoms with Crippen LogP contribution in [0.5, 0.6) is 0 Å². The molecule has 0 unspecified atom stereocenters. The average molecular weight is 346 g/mol. The molecule has 1 aliphatic heterocycles. The molecule has 1 aromatic rings. The summed E-state index contributed by atoms with van der Waals surface area (Å²) in [6, 6.07) is -0.105. The largest absolute Gasteiger partial charge is 0.379 e. The molecule has 1 N–H and O–H groups in total. The minimum atomic E-state index is -0.105. The van der Waals surface area contributed by atoms with Crippen LogP contribution in [0.25, 0.3) is 0 Å². The predicted octanol–water partition coefficient (Wildman–Crippen LogP) is 1.50. The van der Waals surface area contributed by atoms with E-state index in [9.17, 15) is 9.59 Å². The van der Waals surface area contributed by atoms with Crippen LogP contribution in [0.1, 0.15) is 60.6 Å². The van der Waals surface area contributed by atoms with Gasteiger partial charge in [-0.15, -0.1) is 0 Å². The quantitative estimate of drug-likeness (QED) is 0.844. The van der Waals surface area contributed by atoms with Gasteiger partial charge in [0.05, 0.1) is 17.7 Å². The molecule has 2 aliphatic rings. The van der Waals surface area contributed by atoms with Crippen molar-refractivity contribution in [2.45, 2.75) is 56.6 Å². The number of methoxy groups -OCH3 is 1. The van der Waals surface area contributed by atoms with Crippen LogP contribution in [0.2, 0.25) is 0 Å². The summed E-state index contributed by atoms with van der Waals surface area (Å²) in [6.45, 7) is 0.668. The lowest BCUT2D eigenvalue weighted by Crippen LogP contribution is -2.52. The molecule has 7 nitrogen and oxygen atoms in total. The Bertz CT molecular complexity index is 615. The van der Waals surface area contributed by atoms with Gasteiger partial charge >= 0.3 is 0 Å². The van der Waals surface area contributed by atoms with Gasteiger partial charge in [0.2, 0.25) is 5.91 Å². The summed E-state index contributed by atoms with van der Waals surface area (Å²) in [7, 11) is 3.29. The van der Waals surface area contributed by atoms with Crippen molar-refractivity contribution in [1.29, 1.82) is 0 Å². The smallest absolute Gasteiger partial charge is 0.257 e. The summed E-state index contributed by atoms with van der Waals surface area (Å²) in [4.78, 5) is 35.1. The van der Waals surface area contributed by atoms with Gasteiger partial charge < -0.3 is 15.0 Å². The molecule has 2 fully saturated rings. The first-order chi connectivity index (χ1) is 12.1. The Balaban J connectivity index is 1.73. The highest BCUT2D eigenvalue weighted by Gasteiger charge is 2.35. The summed E-state index contributed by atoms with van der Waals surface area (Å²) in [5.41, 5.74) is 0.506. The maximum absolute atomic E-state index is 13.0. The first kappa shape index (κ1) is 17.8. The van der Waals surface area contributed by atoms with Crippen molar-refractivity contribution in [1.82, 2.24) is 20.2 Å². The maximum atomic E-state index is 13.0. The molecule has 2 heterocycles. The first-order valence-corrected chi connectivity index (χ1v) is 9.00. The SMILES string of the molecule is CNC(=O)CC[C@H]1[C@@H](OC)CCCN1C(=O)c1cnc(C2CC2)nc1. The van der Waals surface area contributed by atoms with E-state index in [1.54, 1.807) is 26.6 Å². The number of ether oxygens (including phenoxy) is 1. The molecule has 1 saturated carbocycles. The third kappa shape index (κ3) is 4.15. The Labute approximate surface area is 148 Å². The van der Waals surface area contributed by atoms with E-state index in [-0.39, 0.29) is 24.0 Å². The fraction of sp³-hybridized carbons (Fsp3) is 0.667. The molecule has 25 heavy (non-hydrogen) atoms. The van der Waals surface area contributed by atoms with Gasteiger partial charge in [-0.05, 0) is 32.1 Å². The van der Waals surface area contributed by atoms with E-state index in [0.29, 0.717) is 30.9 Å². The Kier molecular flexibility index (Phi) is 5.63. The molecule has 1 saturated heterocycles. The molecule has 0 aromatic carbocycles. The standard InChI is InChI=1S/C18H26N4O3/c1-19-16(23)8-7-14-15(25-2)4-3-9-22(14)18(24)13-10-20-17(21-11-13)12-5-6-12/h10-12,14-15H,3-9H2,1-2H3,(H,19,23)/t14-,15-/m0/s1. The topological polar surface area (TPSA) is 84.4 Å². The third-order valence-electron chi connectivity index (χ3n) is 5.09. The monoisotopic (exact) mass is 346 g/mol. The van der Waals surface area contributed by atoms with E-state index in [1.165, 1.54) is 0 Å². The molecule has 7 heteroatoms. The van der Waals surface area contributed by atoms with Crippen LogP contribution in [0.4, 0.5) is 0 Å². The maximum Gasteiger partial charge on any atom is 0.257 e. The van der Waals surface area contributed by atoms with Crippen molar-refractivity contribution in [3.8, 4) is 0 Å². The molecule has 0 spiro atoms. The van der Waals surface area contributed by atoms with Crippen LogP contribution < -0.4 is 5.32 Å². The van der Waals surface area contributed by atoms with Gasteiger partial charge in [0, 0.05) is 45.4 Å². The Morgan fingerprint density at radius 2 is 2.00 bits per heavy atom. The van der Waals surface area contributed by atoms with Gasteiger partial charge in [-0.1, -0.05) is 0 Å². The zero-order chi connectivity index (χ0) is 17.8. The third-order valence-corrected chi connectivity index (χ3v) is 5.09. The fourth-order valence-corrected chi connectivity index (χ4v) is 3.46. The minimum Gasteiger partial charge on any atom is -0.379 e. The van der Waals surface area contributed by atoms with Crippen LogP contribution in [0.3, 0.4) is 0 Å². The molecule has 136 valence electrons. The number of aromatic nitrogens is 2. The van der Waals surface area contributed by atoms with Crippen molar-refractivity contribution in [3.05, 3.63) is 23.8 Å². The van der Waals surface area contributed by atoms with Gasteiger partial charge in [0.25, 0.3) is 5.91 Å². The highest BCUT2D eigenvalue weighted by Crippen LogP contribution is 2.37. The van der Waals surface area contributed by atoms with E-state index in [2.05, 4.69) is 15.3 Å². The number of carbonyl (C=O) groups is 2. The summed E-state index contributed by atoms with van der Waals surface area (Å²) in [6.07, 6.45) is 8.25. The van der Waals surface area contributed by atoms with Crippen LogP contribution in [-0.4, -0.2) is 59.5 Å². The number of likely N-dealkylation sites (tertiary alicyclic amines) is 1. The van der Waals surface area contributed by atoms with Crippen molar-refractivity contribution in [2.75, 3.05) is 20.7 Å². The number of nitrogens with one attached hydrogen (secondary N) is 1. The van der Waals surface area contributed by atoms with Crippen LogP contribution in [0, 0.1) is 0 Å². The van der Waals surface area contributed by atoms with Gasteiger partial charge in [-0.3, -0.25) is 9.59 Å². The molecule has 1 aromatic heterocycles. The minimum absolute atomic E-state index is 0.0232. The van der Waals surface area contributed by atoms with Crippen LogP contribution in [-0.2, 0) is 9.53 Å². The summed E-state index contributed by atoms with van der Waals surface area (Å²) in [5, 5.41) is 2.63. The van der Waals surface area contributed by atoms with E-state index in [1.807, 2.05) is 4.90 Å². The second-order valence-electron chi connectivity index (χ2n) is 6.80. The molecule has 2 atom stereocenters. The molecule has 0 bridgehead atoms. The predicted molar refractivity (Wildman–Crippen MR) is 92.2 cm³/mol. The summed E-state index contributed by atoms with van der Waals surface area (Å²) >= 11 is 0. The van der Waals surface area contributed by atoms with Crippen LogP contribution in [0.15, 0.2) is 12.4 Å². The van der Waals surface area contributed by atoms with Gasteiger partial charge in [-0.2, -0.15) is 0 Å². The molecule has 0 radical (unpaired) electrons. The van der Waals surface area contributed by atoms with E-state index in [0.717, 1.165) is 31.5 Å². The van der Waals surface area contributed by atoms with Crippen molar-refractivity contribution in [2.24, 2.45) is 0 Å². The second kappa shape index (κ2) is 7.91. The van der Waals surface area contributed by atoms with Crippen molar-refractivity contribution in [3.63, 3.8) is 0 Å². The molecular weight excluding hydrogens is 320 g/mol. The average Bonchev–Trinajstić information content (AvgIpc) is 3.50. The second-order valence-corrected chi connectivity index (χ2v) is 6.80. The number of hydrogen-bond donors (Lipinski definition) is 1. The number of hydrogen-bond acceptors (Lipinski definition) is 5. The number of carbonyl (C=O) groups excluding carboxylic acids is 2. The Morgan fingerprint density at radius 3 is 2.60 bits per heavy atom. The highest BCUT2D eigenvalue weighted by molar-refractivity contribution is 5.94. The molecule has 1 aliphatic carbocycles. The van der Waals surface area contributed by atoms with Crippen molar-refractivity contribution < 1.29 is 14.3 Å². The number of piperidine rings is 1. The van der Waals surface area contributed by atoms with Gasteiger partial charge in [-0.25, -0.2) is 9.97 Å². The normalized spacial score (nSPS) is 23.4. The Hall–Kier alpha value is -2.02. The fourth-order valence-electron chi connectivity index (χ4n) is 3.46. The lowest BCUT2D eigenvalue weighted by Gasteiger charge is -2.40. The lowest BCUT2D eigenvalue weighted by molar-refractivity contribution is -0.121. The highest BCUT2D eigenvalue weighted by atomic mass is 16.5. The number of nitrogens with zero attached hydrogens (tertiary/aromatic N) is 3. The Morgan fingerprint density at radius 1 is 1.28 bits per heavy atom. The van der Waals surface area contributed by atoms with Crippen LogP contribution >= 0.6 is 0 Å². The van der Waals surface area contributed by atoms with Gasteiger partial charge in [0.15, 0.2) is 0 Å². The number of amides is 2. The summed E-state index contributed by atoms with van der Waals surface area (Å²) < 4.78 is 5.59. The van der Waals surface area contributed by atoms with E-state index < -0.39 is 0 Å². The van der Waals surface area contributed by atoms with E-state index >= 15 is 0 Å². The number of rotatable bonds is 6. The zero-order valence-corrected chi connectivity index (χ0v) is 14.9. The lowest BCUT2D eigenvalue weighted by atomic mass is 9.94. The van der Waals surface area contributed by atoms with Crippen molar-refractivity contribution >= 4 is 11.8 Å².